The fraction of sp³-hybridized carbons (Fsp3) is 0. The fourth-order valence-electron chi connectivity index (χ4n) is 0.143. The number of carboxylic acids is 2. The van der Waals surface area contributed by atoms with Crippen molar-refractivity contribution in [3.05, 3.63) is 24.8 Å². The maximum atomic E-state index is 9.55. The minimum Gasteiger partial charge on any atom is -0.478 e. The number of amides is 1. The summed E-state index contributed by atoms with van der Waals surface area (Å²) in [5, 5.41) is 15.6. The van der Waals surface area contributed by atoms with Gasteiger partial charge in [-0.3, -0.25) is 4.79 Å². The van der Waals surface area contributed by atoms with E-state index in [0.29, 0.717) is 12.2 Å². The SMILES string of the molecule is C=CC(N)=O.O=C(O)/C=C\C(=O)O. The van der Waals surface area contributed by atoms with Crippen molar-refractivity contribution in [2.75, 3.05) is 0 Å². The lowest BCUT2D eigenvalue weighted by molar-refractivity contribution is -0.134. The largest absolute Gasteiger partial charge is 0.478 e. The van der Waals surface area contributed by atoms with Crippen molar-refractivity contribution in [1.82, 2.24) is 0 Å². The zero-order valence-corrected chi connectivity index (χ0v) is 6.64. The van der Waals surface area contributed by atoms with Gasteiger partial charge < -0.3 is 15.9 Å². The van der Waals surface area contributed by atoms with Gasteiger partial charge in [-0.1, -0.05) is 6.58 Å². The Morgan fingerprint density at radius 3 is 1.38 bits per heavy atom. The van der Waals surface area contributed by atoms with Crippen LogP contribution < -0.4 is 5.73 Å². The summed E-state index contributed by atoms with van der Waals surface area (Å²) in [5.74, 6) is -3.00. The van der Waals surface area contributed by atoms with Crippen molar-refractivity contribution >= 4 is 17.8 Å². The lowest BCUT2D eigenvalue weighted by Gasteiger charge is -1.74. The minimum absolute atomic E-state index is 0.481. The molecule has 0 aromatic carbocycles. The molecule has 0 heterocycles. The van der Waals surface area contributed by atoms with Crippen molar-refractivity contribution in [3.8, 4) is 0 Å². The Labute approximate surface area is 74.0 Å². The van der Waals surface area contributed by atoms with Gasteiger partial charge in [0.1, 0.15) is 0 Å². The molecule has 72 valence electrons. The molecule has 0 saturated carbocycles. The zero-order valence-electron chi connectivity index (χ0n) is 6.64. The average Bonchev–Trinajstić information content (AvgIpc) is 2.02. The van der Waals surface area contributed by atoms with E-state index in [1.807, 2.05) is 0 Å². The van der Waals surface area contributed by atoms with E-state index in [4.69, 9.17) is 10.2 Å². The first kappa shape index (κ1) is 13.5. The quantitative estimate of drug-likeness (QED) is 0.508. The van der Waals surface area contributed by atoms with Gasteiger partial charge in [0, 0.05) is 12.2 Å². The van der Waals surface area contributed by atoms with E-state index in [1.54, 1.807) is 0 Å². The molecule has 0 aromatic heterocycles. The Bertz CT molecular complexity index is 227. The predicted molar refractivity (Wildman–Crippen MR) is 43.8 cm³/mol. The third kappa shape index (κ3) is 25.7. The van der Waals surface area contributed by atoms with Crippen LogP contribution in [0, 0.1) is 0 Å². The third-order valence-corrected chi connectivity index (χ3v) is 0.570. The van der Waals surface area contributed by atoms with Crippen LogP contribution in [0.3, 0.4) is 0 Å². The number of carbonyl (C=O) groups is 3. The van der Waals surface area contributed by atoms with Crippen LogP contribution in [0.1, 0.15) is 0 Å². The van der Waals surface area contributed by atoms with Crippen LogP contribution in [0.25, 0.3) is 0 Å². The predicted octanol–water partition coefficient (Wildman–Crippen LogP) is -0.631. The van der Waals surface area contributed by atoms with Crippen molar-refractivity contribution in [2.45, 2.75) is 0 Å². The second kappa shape index (κ2) is 7.99. The number of carbonyl (C=O) groups excluding carboxylic acids is 1. The first-order valence-corrected chi connectivity index (χ1v) is 2.96. The smallest absolute Gasteiger partial charge is 0.328 e. The van der Waals surface area contributed by atoms with Gasteiger partial charge in [0.25, 0.3) is 0 Å². The summed E-state index contributed by atoms with van der Waals surface area (Å²) in [5.41, 5.74) is 4.53. The molecule has 0 fully saturated rings. The minimum atomic E-state index is -1.26. The van der Waals surface area contributed by atoms with E-state index in [2.05, 4.69) is 12.3 Å². The summed E-state index contributed by atoms with van der Waals surface area (Å²) in [6, 6.07) is 0. The van der Waals surface area contributed by atoms with E-state index < -0.39 is 17.8 Å². The molecule has 0 aliphatic rings. The van der Waals surface area contributed by atoms with Gasteiger partial charge in [0.05, 0.1) is 0 Å². The molecule has 0 bridgehead atoms. The van der Waals surface area contributed by atoms with Crippen molar-refractivity contribution in [3.63, 3.8) is 0 Å². The normalized spacial score (nSPS) is 8.31. The highest BCUT2D eigenvalue weighted by Crippen LogP contribution is 1.70. The van der Waals surface area contributed by atoms with Crippen molar-refractivity contribution in [1.29, 1.82) is 0 Å². The molecule has 0 aromatic rings. The van der Waals surface area contributed by atoms with Gasteiger partial charge >= 0.3 is 11.9 Å². The standard InChI is InChI=1S/C4H4O4.C3H5NO/c5-3(6)1-2-4(7)8;1-2-3(4)5/h1-2H,(H,5,6)(H,7,8);2H,1H2,(H2,4,5)/b2-1-;. The highest BCUT2D eigenvalue weighted by atomic mass is 16.4. The molecule has 0 radical (unpaired) electrons. The summed E-state index contributed by atoms with van der Waals surface area (Å²) < 4.78 is 0. The first-order chi connectivity index (χ1) is 5.90. The number of rotatable bonds is 3. The molecule has 0 spiro atoms. The van der Waals surface area contributed by atoms with Crippen LogP contribution in [0.2, 0.25) is 0 Å². The van der Waals surface area contributed by atoms with Crippen LogP contribution in [-0.2, 0) is 14.4 Å². The Hall–Kier alpha value is -2.11. The van der Waals surface area contributed by atoms with Crippen molar-refractivity contribution in [2.24, 2.45) is 5.73 Å². The Morgan fingerprint density at radius 1 is 1.08 bits per heavy atom. The lowest BCUT2D eigenvalue weighted by Crippen LogP contribution is -2.04. The molecule has 1 amide bonds. The lowest BCUT2D eigenvalue weighted by atomic mass is 10.5. The van der Waals surface area contributed by atoms with Crippen LogP contribution in [-0.4, -0.2) is 28.1 Å². The molecule has 4 N–H and O–H groups in total. The number of aliphatic carboxylic acids is 2. The summed E-state index contributed by atoms with van der Waals surface area (Å²) in [6.07, 6.45) is 2.17. The molecular formula is C7H9NO5. The molecule has 0 saturated heterocycles. The zero-order chi connectivity index (χ0) is 10.9. The summed E-state index contributed by atoms with van der Waals surface area (Å²) in [7, 11) is 0. The molecule has 6 heteroatoms. The molecular weight excluding hydrogens is 178 g/mol. The molecule has 0 aliphatic heterocycles. The third-order valence-electron chi connectivity index (χ3n) is 0.570. The topological polar surface area (TPSA) is 118 Å². The highest BCUT2D eigenvalue weighted by molar-refractivity contribution is 5.89. The van der Waals surface area contributed by atoms with Gasteiger partial charge in [-0.2, -0.15) is 0 Å². The van der Waals surface area contributed by atoms with Crippen LogP contribution in [0.15, 0.2) is 24.8 Å². The second-order valence-corrected chi connectivity index (χ2v) is 1.62. The number of nitrogens with two attached hydrogens (primary N) is 1. The fourth-order valence-corrected chi connectivity index (χ4v) is 0.143. The van der Waals surface area contributed by atoms with Crippen LogP contribution >= 0.6 is 0 Å². The van der Waals surface area contributed by atoms with E-state index >= 15 is 0 Å². The van der Waals surface area contributed by atoms with E-state index in [-0.39, 0.29) is 0 Å². The molecule has 6 nitrogen and oxygen atoms in total. The van der Waals surface area contributed by atoms with Gasteiger partial charge in [0.15, 0.2) is 0 Å². The number of carboxylic acid groups (broad SMARTS) is 2. The van der Waals surface area contributed by atoms with Gasteiger partial charge in [-0.05, 0) is 6.08 Å². The van der Waals surface area contributed by atoms with E-state index in [9.17, 15) is 14.4 Å². The molecule has 0 rings (SSSR count). The Morgan fingerprint density at radius 2 is 1.31 bits per heavy atom. The summed E-state index contributed by atoms with van der Waals surface area (Å²) in [4.78, 5) is 28.6. The van der Waals surface area contributed by atoms with E-state index in [1.165, 1.54) is 0 Å². The first-order valence-electron chi connectivity index (χ1n) is 2.96. The van der Waals surface area contributed by atoms with Crippen LogP contribution in [0.4, 0.5) is 0 Å². The second-order valence-electron chi connectivity index (χ2n) is 1.62. The number of hydrogen-bond acceptors (Lipinski definition) is 3. The number of hydrogen-bond donors (Lipinski definition) is 3. The van der Waals surface area contributed by atoms with Gasteiger partial charge in [-0.15, -0.1) is 0 Å². The van der Waals surface area contributed by atoms with Crippen molar-refractivity contribution < 1.29 is 24.6 Å². The van der Waals surface area contributed by atoms with Gasteiger partial charge in [-0.25, -0.2) is 9.59 Å². The molecule has 0 unspecified atom stereocenters. The van der Waals surface area contributed by atoms with Gasteiger partial charge in [0.2, 0.25) is 5.91 Å². The summed E-state index contributed by atoms with van der Waals surface area (Å²) in [6.45, 7) is 3.09. The average molecular weight is 187 g/mol. The maximum absolute atomic E-state index is 9.55. The summed E-state index contributed by atoms with van der Waals surface area (Å²) >= 11 is 0. The Kier molecular flexibility index (Phi) is 8.28. The molecule has 0 aliphatic carbocycles. The monoisotopic (exact) mass is 187 g/mol. The Balaban J connectivity index is 0. The molecule has 13 heavy (non-hydrogen) atoms. The van der Waals surface area contributed by atoms with Crippen LogP contribution in [0.5, 0.6) is 0 Å². The highest BCUT2D eigenvalue weighted by Gasteiger charge is 1.88. The van der Waals surface area contributed by atoms with E-state index in [0.717, 1.165) is 6.08 Å². The number of primary amides is 1. The molecule has 0 atom stereocenters. The maximum Gasteiger partial charge on any atom is 0.328 e.